The molecule has 1 aliphatic heterocycles. The van der Waals surface area contributed by atoms with E-state index in [1.807, 2.05) is 30.3 Å². The maximum absolute atomic E-state index is 12.0. The predicted molar refractivity (Wildman–Crippen MR) is 65.3 cm³/mol. The van der Waals surface area contributed by atoms with Crippen molar-refractivity contribution in [3.8, 4) is 5.75 Å². The van der Waals surface area contributed by atoms with Crippen LogP contribution >= 0.6 is 0 Å². The quantitative estimate of drug-likeness (QED) is 0.797. The van der Waals surface area contributed by atoms with E-state index >= 15 is 0 Å². The minimum absolute atomic E-state index is 0.0177. The average molecular weight is 251 g/mol. The van der Waals surface area contributed by atoms with E-state index in [1.165, 1.54) is 0 Å². The molecule has 0 radical (unpaired) electrons. The third-order valence-corrected chi connectivity index (χ3v) is 2.78. The van der Waals surface area contributed by atoms with Crippen molar-refractivity contribution in [2.45, 2.75) is 6.23 Å². The summed E-state index contributed by atoms with van der Waals surface area (Å²) in [6, 6.07) is 9.28. The largest absolute Gasteiger partial charge is 0.484 e. The van der Waals surface area contributed by atoms with Gasteiger partial charge in [0.1, 0.15) is 5.75 Å². The van der Waals surface area contributed by atoms with Crippen LogP contribution in [0, 0.1) is 0 Å². The molecule has 98 valence electrons. The minimum Gasteiger partial charge on any atom is -0.484 e. The van der Waals surface area contributed by atoms with Gasteiger partial charge in [-0.3, -0.25) is 4.79 Å². The molecule has 2 rings (SSSR count). The fraction of sp³-hybridized carbons (Fsp3) is 0.462. The highest BCUT2D eigenvalue weighted by Gasteiger charge is 2.27. The number of hydrogen-bond donors (Lipinski definition) is 0. The van der Waals surface area contributed by atoms with Gasteiger partial charge in [0.2, 0.25) is 0 Å². The molecule has 1 aromatic carbocycles. The smallest absolute Gasteiger partial charge is 0.262 e. The first-order chi connectivity index (χ1) is 8.81. The van der Waals surface area contributed by atoms with Crippen LogP contribution < -0.4 is 4.74 Å². The van der Waals surface area contributed by atoms with Crippen LogP contribution in [-0.2, 0) is 14.3 Å². The van der Waals surface area contributed by atoms with E-state index in [0.717, 1.165) is 0 Å². The Morgan fingerprint density at radius 1 is 1.44 bits per heavy atom. The predicted octanol–water partition coefficient (Wildman–Crippen LogP) is 0.897. The van der Waals surface area contributed by atoms with E-state index in [2.05, 4.69) is 0 Å². The molecule has 5 nitrogen and oxygen atoms in total. The molecule has 0 bridgehead atoms. The minimum atomic E-state index is -0.314. The molecule has 1 amide bonds. The first kappa shape index (κ1) is 12.9. The third kappa shape index (κ3) is 3.21. The standard InChI is InChI=1S/C13H17NO4/c1-16-13-10-17-8-7-14(13)12(15)9-18-11-5-3-2-4-6-11/h2-6,13H,7-10H2,1H3. The molecule has 18 heavy (non-hydrogen) atoms. The van der Waals surface area contributed by atoms with Crippen molar-refractivity contribution in [1.82, 2.24) is 4.90 Å². The molecule has 0 aromatic heterocycles. The molecular weight excluding hydrogens is 234 g/mol. The number of hydrogen-bond acceptors (Lipinski definition) is 4. The molecule has 0 aliphatic carbocycles. The van der Waals surface area contributed by atoms with Crippen LogP contribution in [0.4, 0.5) is 0 Å². The first-order valence-electron chi connectivity index (χ1n) is 5.89. The van der Waals surface area contributed by atoms with Gasteiger partial charge in [0.05, 0.1) is 13.2 Å². The van der Waals surface area contributed by atoms with E-state index in [9.17, 15) is 4.79 Å². The van der Waals surface area contributed by atoms with Gasteiger partial charge in [0.25, 0.3) is 5.91 Å². The summed E-state index contributed by atoms with van der Waals surface area (Å²) >= 11 is 0. The molecule has 0 saturated carbocycles. The number of morpholine rings is 1. The molecule has 1 fully saturated rings. The number of amides is 1. The highest BCUT2D eigenvalue weighted by atomic mass is 16.5. The number of carbonyl (C=O) groups is 1. The zero-order valence-corrected chi connectivity index (χ0v) is 10.4. The van der Waals surface area contributed by atoms with Crippen LogP contribution in [0.5, 0.6) is 5.75 Å². The number of carbonyl (C=O) groups excluding carboxylic acids is 1. The maximum Gasteiger partial charge on any atom is 0.262 e. The van der Waals surface area contributed by atoms with Crippen molar-refractivity contribution in [2.24, 2.45) is 0 Å². The number of ether oxygens (including phenoxy) is 3. The van der Waals surface area contributed by atoms with Crippen molar-refractivity contribution < 1.29 is 19.0 Å². The van der Waals surface area contributed by atoms with Crippen molar-refractivity contribution in [2.75, 3.05) is 33.5 Å². The van der Waals surface area contributed by atoms with Crippen molar-refractivity contribution in [3.63, 3.8) is 0 Å². The SMILES string of the molecule is COC1COCCN1C(=O)COc1ccccc1. The number of nitrogens with zero attached hydrogens (tertiary/aromatic N) is 1. The molecule has 1 atom stereocenters. The van der Waals surface area contributed by atoms with Gasteiger partial charge in [-0.25, -0.2) is 0 Å². The van der Waals surface area contributed by atoms with Crippen molar-refractivity contribution >= 4 is 5.91 Å². The van der Waals surface area contributed by atoms with Gasteiger partial charge >= 0.3 is 0 Å². The third-order valence-electron chi connectivity index (χ3n) is 2.78. The normalized spacial score (nSPS) is 19.6. The van der Waals surface area contributed by atoms with Gasteiger partial charge in [-0.15, -0.1) is 0 Å². The molecule has 1 aromatic rings. The summed E-state index contributed by atoms with van der Waals surface area (Å²) in [7, 11) is 1.57. The lowest BCUT2D eigenvalue weighted by molar-refractivity contribution is -0.164. The average Bonchev–Trinajstić information content (AvgIpc) is 2.45. The molecule has 5 heteroatoms. The van der Waals surface area contributed by atoms with Gasteiger partial charge in [-0.05, 0) is 12.1 Å². The molecule has 1 unspecified atom stereocenters. The lowest BCUT2D eigenvalue weighted by atomic mass is 10.3. The Labute approximate surface area is 106 Å². The van der Waals surface area contributed by atoms with E-state index in [0.29, 0.717) is 25.5 Å². The van der Waals surface area contributed by atoms with Gasteiger partial charge in [0, 0.05) is 13.7 Å². The second-order valence-electron chi connectivity index (χ2n) is 3.95. The summed E-state index contributed by atoms with van der Waals surface area (Å²) in [6.07, 6.45) is -0.314. The van der Waals surface area contributed by atoms with Crippen LogP contribution in [0.15, 0.2) is 30.3 Å². The number of rotatable bonds is 4. The van der Waals surface area contributed by atoms with Gasteiger partial charge in [0.15, 0.2) is 12.8 Å². The topological polar surface area (TPSA) is 48.0 Å². The summed E-state index contributed by atoms with van der Waals surface area (Å²) in [5, 5.41) is 0. The summed E-state index contributed by atoms with van der Waals surface area (Å²) in [5.74, 6) is 0.599. The Morgan fingerprint density at radius 3 is 2.94 bits per heavy atom. The summed E-state index contributed by atoms with van der Waals surface area (Å²) in [5.41, 5.74) is 0. The van der Waals surface area contributed by atoms with E-state index < -0.39 is 0 Å². The zero-order valence-electron chi connectivity index (χ0n) is 10.4. The monoisotopic (exact) mass is 251 g/mol. The van der Waals surface area contributed by atoms with Gasteiger partial charge in [-0.1, -0.05) is 18.2 Å². The fourth-order valence-electron chi connectivity index (χ4n) is 1.81. The van der Waals surface area contributed by atoms with Crippen LogP contribution in [0.3, 0.4) is 0 Å². The zero-order chi connectivity index (χ0) is 12.8. The number of benzene rings is 1. The first-order valence-corrected chi connectivity index (χ1v) is 5.89. The van der Waals surface area contributed by atoms with Gasteiger partial charge < -0.3 is 19.1 Å². The molecule has 1 heterocycles. The molecule has 1 aliphatic rings. The van der Waals surface area contributed by atoms with Crippen molar-refractivity contribution in [1.29, 1.82) is 0 Å². The fourth-order valence-corrected chi connectivity index (χ4v) is 1.81. The number of methoxy groups -OCH3 is 1. The number of para-hydroxylation sites is 1. The van der Waals surface area contributed by atoms with E-state index in [4.69, 9.17) is 14.2 Å². The van der Waals surface area contributed by atoms with Crippen LogP contribution in [-0.4, -0.2) is 50.5 Å². The van der Waals surface area contributed by atoms with Crippen molar-refractivity contribution in [3.05, 3.63) is 30.3 Å². The highest BCUT2D eigenvalue weighted by Crippen LogP contribution is 2.11. The second-order valence-corrected chi connectivity index (χ2v) is 3.95. The Kier molecular flexibility index (Phi) is 4.55. The molecule has 0 spiro atoms. The maximum atomic E-state index is 12.0. The summed E-state index contributed by atoms with van der Waals surface area (Å²) < 4.78 is 15.9. The summed E-state index contributed by atoms with van der Waals surface area (Å²) in [6.45, 7) is 1.50. The second kappa shape index (κ2) is 6.37. The molecule has 1 saturated heterocycles. The Balaban J connectivity index is 1.87. The van der Waals surface area contributed by atoms with Crippen LogP contribution in [0.1, 0.15) is 0 Å². The lowest BCUT2D eigenvalue weighted by Crippen LogP contribution is -2.51. The summed E-state index contributed by atoms with van der Waals surface area (Å²) in [4.78, 5) is 13.7. The van der Waals surface area contributed by atoms with Crippen LogP contribution in [0.25, 0.3) is 0 Å². The molecular formula is C13H17NO4. The Morgan fingerprint density at radius 2 is 2.22 bits per heavy atom. The molecule has 0 N–H and O–H groups in total. The van der Waals surface area contributed by atoms with E-state index in [1.54, 1.807) is 12.0 Å². The Hall–Kier alpha value is -1.59. The van der Waals surface area contributed by atoms with Crippen LogP contribution in [0.2, 0.25) is 0 Å². The van der Waals surface area contributed by atoms with E-state index in [-0.39, 0.29) is 18.7 Å². The highest BCUT2D eigenvalue weighted by molar-refractivity contribution is 5.78. The van der Waals surface area contributed by atoms with Gasteiger partial charge in [-0.2, -0.15) is 0 Å². The Bertz CT molecular complexity index is 382. The lowest BCUT2D eigenvalue weighted by Gasteiger charge is -2.34.